The summed E-state index contributed by atoms with van der Waals surface area (Å²) in [5, 5.41) is 0. The molecule has 2 heterocycles. The summed E-state index contributed by atoms with van der Waals surface area (Å²) in [5.74, 6) is 6.40. The Balaban J connectivity index is 1.35. The van der Waals surface area contributed by atoms with Gasteiger partial charge >= 0.3 is 5.97 Å². The van der Waals surface area contributed by atoms with Crippen molar-refractivity contribution in [3.8, 4) is 34.5 Å². The zero-order valence-electron chi connectivity index (χ0n) is 21.5. The van der Waals surface area contributed by atoms with E-state index in [1.165, 1.54) is 13.2 Å². The highest BCUT2D eigenvalue weighted by Crippen LogP contribution is 2.42. The van der Waals surface area contributed by atoms with Gasteiger partial charge in [-0.3, -0.25) is 9.78 Å². The van der Waals surface area contributed by atoms with Crippen molar-refractivity contribution in [3.05, 3.63) is 77.4 Å². The molecule has 6 nitrogen and oxygen atoms in total. The second-order valence-corrected chi connectivity index (χ2v) is 9.44. The minimum absolute atomic E-state index is 0.0277. The summed E-state index contributed by atoms with van der Waals surface area (Å²) >= 11 is 0. The number of nitrogens with zero attached hydrogens (tertiary/aromatic N) is 1. The van der Waals surface area contributed by atoms with Crippen LogP contribution < -0.4 is 9.47 Å². The number of aromatic nitrogens is 1. The van der Waals surface area contributed by atoms with E-state index < -0.39 is 6.10 Å². The van der Waals surface area contributed by atoms with Gasteiger partial charge in [0.2, 0.25) is 0 Å². The number of carbonyl (C=O) groups is 1. The Bertz CT molecular complexity index is 1350. The van der Waals surface area contributed by atoms with Crippen LogP contribution in [0.3, 0.4) is 0 Å². The molecular weight excluding hydrogens is 485 g/mol. The first-order valence-corrected chi connectivity index (χ1v) is 12.8. The summed E-state index contributed by atoms with van der Waals surface area (Å²) in [5.41, 5.74) is 4.24. The summed E-state index contributed by atoms with van der Waals surface area (Å²) in [6.07, 6.45) is 5.50. The summed E-state index contributed by atoms with van der Waals surface area (Å²) < 4.78 is 37.6. The van der Waals surface area contributed by atoms with Crippen LogP contribution in [-0.4, -0.2) is 37.4 Å². The maximum absolute atomic E-state index is 15.1. The molecule has 1 saturated heterocycles. The van der Waals surface area contributed by atoms with E-state index in [-0.39, 0.29) is 30.2 Å². The molecule has 38 heavy (non-hydrogen) atoms. The molecule has 1 aromatic heterocycles. The Labute approximate surface area is 222 Å². The molecule has 5 rings (SSSR count). The van der Waals surface area contributed by atoms with Crippen LogP contribution in [0.4, 0.5) is 4.39 Å². The second-order valence-electron chi connectivity index (χ2n) is 9.44. The molecule has 7 heteroatoms. The number of fused-ring (bicyclic) bond motifs is 1. The highest BCUT2D eigenvalue weighted by atomic mass is 19.1. The number of carbonyl (C=O) groups excluding carboxylic acids is 1. The van der Waals surface area contributed by atoms with Gasteiger partial charge in [-0.15, -0.1) is 5.92 Å². The monoisotopic (exact) mass is 515 g/mol. The quantitative estimate of drug-likeness (QED) is 0.279. The number of hydrogen-bond acceptors (Lipinski definition) is 6. The highest BCUT2D eigenvalue weighted by Gasteiger charge is 2.30. The molecule has 1 fully saturated rings. The van der Waals surface area contributed by atoms with Crippen LogP contribution in [-0.2, 0) is 20.7 Å². The first-order chi connectivity index (χ1) is 18.6. The second kappa shape index (κ2) is 11.7. The lowest BCUT2D eigenvalue weighted by atomic mass is 9.96. The molecule has 196 valence electrons. The lowest BCUT2D eigenvalue weighted by molar-refractivity contribution is -0.140. The Kier molecular flexibility index (Phi) is 7.90. The van der Waals surface area contributed by atoms with Crippen LogP contribution in [0.1, 0.15) is 54.9 Å². The number of pyridine rings is 1. The van der Waals surface area contributed by atoms with Crippen molar-refractivity contribution in [3.63, 3.8) is 0 Å². The van der Waals surface area contributed by atoms with E-state index in [1.54, 1.807) is 25.4 Å². The molecule has 0 N–H and O–H groups in total. The fourth-order valence-electron chi connectivity index (χ4n) is 5.11. The van der Waals surface area contributed by atoms with Gasteiger partial charge in [-0.05, 0) is 60.7 Å². The molecule has 3 atom stereocenters. The molecule has 2 aliphatic rings. The van der Waals surface area contributed by atoms with Crippen molar-refractivity contribution in [2.75, 3.05) is 20.3 Å². The molecule has 1 aliphatic heterocycles. The van der Waals surface area contributed by atoms with Gasteiger partial charge in [-0.25, -0.2) is 4.39 Å². The first-order valence-electron chi connectivity index (χ1n) is 12.8. The summed E-state index contributed by atoms with van der Waals surface area (Å²) in [7, 11) is 1.37. The summed E-state index contributed by atoms with van der Waals surface area (Å²) in [4.78, 5) is 16.1. The van der Waals surface area contributed by atoms with E-state index in [0.29, 0.717) is 43.1 Å². The van der Waals surface area contributed by atoms with Crippen molar-refractivity contribution in [1.29, 1.82) is 0 Å². The molecule has 1 unspecified atom stereocenters. The molecule has 2 aromatic carbocycles. The number of halogens is 1. The summed E-state index contributed by atoms with van der Waals surface area (Å²) in [6.45, 7) is 3.02. The first kappa shape index (κ1) is 25.7. The maximum atomic E-state index is 15.1. The Morgan fingerprint density at radius 2 is 1.97 bits per heavy atom. The molecule has 3 aromatic rings. The van der Waals surface area contributed by atoms with E-state index in [0.717, 1.165) is 28.7 Å². The zero-order chi connectivity index (χ0) is 26.5. The van der Waals surface area contributed by atoms with Crippen LogP contribution >= 0.6 is 0 Å². The lowest BCUT2D eigenvalue weighted by Crippen LogP contribution is -2.15. The molecule has 0 amide bonds. The topological polar surface area (TPSA) is 66.9 Å². The highest BCUT2D eigenvalue weighted by molar-refractivity contribution is 5.71. The van der Waals surface area contributed by atoms with Crippen LogP contribution in [0.5, 0.6) is 11.5 Å². The van der Waals surface area contributed by atoms with Crippen LogP contribution in [0.15, 0.2) is 54.9 Å². The average molecular weight is 516 g/mol. The fourth-order valence-corrected chi connectivity index (χ4v) is 5.11. The SMILES string of the molecule is CC#CC(CC(=O)OC)c1ccc(O[C@@H]2CCc3c(-c4cncc(O[C@@H]5CCOC5)c4)ccc(F)c32)cc1. The van der Waals surface area contributed by atoms with E-state index in [2.05, 4.69) is 16.8 Å². The van der Waals surface area contributed by atoms with Crippen LogP contribution in [0.2, 0.25) is 0 Å². The average Bonchev–Trinajstić information content (AvgIpc) is 3.60. The van der Waals surface area contributed by atoms with Gasteiger partial charge in [-0.1, -0.05) is 24.1 Å². The van der Waals surface area contributed by atoms with E-state index in [1.807, 2.05) is 30.3 Å². The van der Waals surface area contributed by atoms with Gasteiger partial charge in [0.25, 0.3) is 0 Å². The van der Waals surface area contributed by atoms with Gasteiger partial charge in [0, 0.05) is 23.7 Å². The van der Waals surface area contributed by atoms with Crippen molar-refractivity contribution < 1.29 is 28.1 Å². The van der Waals surface area contributed by atoms with E-state index in [4.69, 9.17) is 18.9 Å². The van der Waals surface area contributed by atoms with Gasteiger partial charge in [0.15, 0.2) is 0 Å². The number of rotatable bonds is 8. The minimum Gasteiger partial charge on any atom is -0.486 e. The van der Waals surface area contributed by atoms with Crippen molar-refractivity contribution in [1.82, 2.24) is 4.98 Å². The molecular formula is C31H30FNO5. The number of methoxy groups -OCH3 is 1. The molecule has 1 aliphatic carbocycles. The van der Waals surface area contributed by atoms with Crippen LogP contribution in [0, 0.1) is 17.7 Å². The molecule has 0 saturated carbocycles. The fraction of sp³-hybridized carbons (Fsp3) is 0.355. The predicted octanol–water partition coefficient (Wildman–Crippen LogP) is 5.79. The largest absolute Gasteiger partial charge is 0.486 e. The minimum atomic E-state index is -0.403. The number of esters is 1. The predicted molar refractivity (Wildman–Crippen MR) is 140 cm³/mol. The summed E-state index contributed by atoms with van der Waals surface area (Å²) in [6, 6.07) is 12.7. The maximum Gasteiger partial charge on any atom is 0.307 e. The van der Waals surface area contributed by atoms with Gasteiger partial charge in [-0.2, -0.15) is 0 Å². The van der Waals surface area contributed by atoms with Crippen molar-refractivity contribution in [2.24, 2.45) is 0 Å². The lowest BCUT2D eigenvalue weighted by Gasteiger charge is -2.18. The van der Waals surface area contributed by atoms with Gasteiger partial charge < -0.3 is 18.9 Å². The third-order valence-electron chi connectivity index (χ3n) is 6.98. The Hall–Kier alpha value is -3.89. The molecule has 0 radical (unpaired) electrons. The Morgan fingerprint density at radius 3 is 2.71 bits per heavy atom. The van der Waals surface area contributed by atoms with Crippen molar-refractivity contribution >= 4 is 5.97 Å². The standard InChI is InChI=1S/C31H30FNO5/c1-3-4-21(16-30(34)35-2)20-5-7-23(8-6-20)38-29-12-10-27-26(9-11-28(32)31(27)29)22-15-25(18-33-17-22)37-24-13-14-36-19-24/h5-9,11,15,17-18,21,24,29H,10,12-14,16,19H2,1-2H3/t21?,24-,29-/m1/s1. The number of ether oxygens (including phenoxy) is 4. The molecule has 0 spiro atoms. The normalized spacial score (nSPS) is 18.7. The number of hydrogen-bond donors (Lipinski definition) is 0. The number of benzene rings is 2. The Morgan fingerprint density at radius 1 is 1.13 bits per heavy atom. The third kappa shape index (κ3) is 5.66. The van der Waals surface area contributed by atoms with Crippen LogP contribution in [0.25, 0.3) is 11.1 Å². The van der Waals surface area contributed by atoms with Gasteiger partial charge in [0.1, 0.15) is 29.5 Å². The van der Waals surface area contributed by atoms with E-state index in [9.17, 15) is 4.79 Å². The smallest absolute Gasteiger partial charge is 0.307 e. The third-order valence-corrected chi connectivity index (χ3v) is 6.98. The molecule has 0 bridgehead atoms. The van der Waals surface area contributed by atoms with Gasteiger partial charge in [0.05, 0.1) is 38.9 Å². The zero-order valence-corrected chi connectivity index (χ0v) is 21.5. The van der Waals surface area contributed by atoms with E-state index >= 15 is 4.39 Å². The van der Waals surface area contributed by atoms with Crippen molar-refractivity contribution in [2.45, 2.75) is 50.7 Å².